The maximum Gasteiger partial charge on any atom is 0.332 e. The Balaban J connectivity index is 1.83. The summed E-state index contributed by atoms with van der Waals surface area (Å²) in [6.07, 6.45) is 1.75. The van der Waals surface area contributed by atoms with E-state index in [1.807, 2.05) is 38.1 Å². The van der Waals surface area contributed by atoms with Gasteiger partial charge in [-0.3, -0.25) is 18.7 Å². The van der Waals surface area contributed by atoms with Crippen LogP contribution in [0.4, 0.5) is 0 Å². The van der Waals surface area contributed by atoms with Crippen LogP contribution >= 0.6 is 0 Å². The van der Waals surface area contributed by atoms with Gasteiger partial charge in [-0.1, -0.05) is 49.1 Å². The second kappa shape index (κ2) is 11.2. The smallest absolute Gasteiger partial charge is 0.332 e. The van der Waals surface area contributed by atoms with Gasteiger partial charge in [0.1, 0.15) is 0 Å². The Kier molecular flexibility index (Phi) is 7.81. The van der Waals surface area contributed by atoms with Crippen molar-refractivity contribution in [3.63, 3.8) is 0 Å². The van der Waals surface area contributed by atoms with Crippen LogP contribution in [0.25, 0.3) is 17.0 Å². The summed E-state index contributed by atoms with van der Waals surface area (Å²) >= 11 is 0. The fourth-order valence-electron chi connectivity index (χ4n) is 4.27. The number of carbonyl (C=O) groups is 1. The molecule has 0 aliphatic carbocycles. The highest BCUT2D eigenvalue weighted by Gasteiger charge is 2.18. The minimum Gasteiger partial charge on any atom is -0.493 e. The molecule has 0 aliphatic rings. The number of nitrogens with one attached hydrogen (secondary N) is 1. The van der Waals surface area contributed by atoms with Crippen molar-refractivity contribution in [2.24, 2.45) is 0 Å². The van der Waals surface area contributed by atoms with Crippen molar-refractivity contribution in [2.45, 2.75) is 33.0 Å². The predicted octanol–water partition coefficient (Wildman–Crippen LogP) is 4.06. The Bertz CT molecular complexity index is 1600. The first kappa shape index (κ1) is 26.5. The molecule has 4 aromatic rings. The lowest BCUT2D eigenvalue weighted by Gasteiger charge is -2.17. The third-order valence-corrected chi connectivity index (χ3v) is 6.26. The Morgan fingerprint density at radius 1 is 0.895 bits per heavy atom. The van der Waals surface area contributed by atoms with Crippen molar-refractivity contribution in [1.29, 1.82) is 0 Å². The largest absolute Gasteiger partial charge is 0.493 e. The molecular formula is C30H31N3O5. The van der Waals surface area contributed by atoms with Crippen molar-refractivity contribution in [2.75, 3.05) is 14.2 Å². The number of fused-ring (bicyclic) bond motifs is 1. The van der Waals surface area contributed by atoms with Gasteiger partial charge >= 0.3 is 5.69 Å². The molecule has 38 heavy (non-hydrogen) atoms. The van der Waals surface area contributed by atoms with E-state index >= 15 is 0 Å². The molecule has 1 aromatic heterocycles. The Labute approximate surface area is 220 Å². The third-order valence-electron chi connectivity index (χ3n) is 6.26. The fourth-order valence-corrected chi connectivity index (χ4v) is 4.27. The monoisotopic (exact) mass is 513 g/mol. The van der Waals surface area contributed by atoms with Crippen molar-refractivity contribution < 1.29 is 14.3 Å². The van der Waals surface area contributed by atoms with Crippen LogP contribution in [0.2, 0.25) is 0 Å². The molecule has 0 saturated heterocycles. The molecule has 1 amide bonds. The van der Waals surface area contributed by atoms with Crippen LogP contribution in [-0.2, 0) is 13.1 Å². The van der Waals surface area contributed by atoms with Crippen molar-refractivity contribution >= 4 is 22.9 Å². The summed E-state index contributed by atoms with van der Waals surface area (Å²) in [4.78, 5) is 39.6. The zero-order chi connectivity index (χ0) is 27.4. The SMILES string of the molecule is C=Cc1ccc(Cn2c(=O)n(Cc3ccc(C(=O)NC(C)C)cc3)c(=O)c3cc(OC)c(OC)cc32)cc1. The number of ether oxygens (including phenoxy) is 2. The fraction of sp³-hybridized carbons (Fsp3) is 0.233. The van der Waals surface area contributed by atoms with Crippen LogP contribution in [0.3, 0.4) is 0 Å². The summed E-state index contributed by atoms with van der Waals surface area (Å²) in [7, 11) is 3.00. The van der Waals surface area contributed by atoms with E-state index in [9.17, 15) is 14.4 Å². The number of hydrogen-bond acceptors (Lipinski definition) is 5. The molecular weight excluding hydrogens is 482 g/mol. The molecule has 0 fully saturated rings. The highest BCUT2D eigenvalue weighted by molar-refractivity contribution is 5.94. The maximum absolute atomic E-state index is 13.8. The van der Waals surface area contributed by atoms with Gasteiger partial charge in [0.25, 0.3) is 11.5 Å². The van der Waals surface area contributed by atoms with Gasteiger partial charge in [-0.05, 0) is 48.7 Å². The molecule has 0 aliphatic heterocycles. The third kappa shape index (κ3) is 5.39. The number of nitrogens with zero attached hydrogens (tertiary/aromatic N) is 2. The summed E-state index contributed by atoms with van der Waals surface area (Å²) in [5.74, 6) is 0.632. The Morgan fingerprint density at radius 3 is 2.00 bits per heavy atom. The molecule has 1 N–H and O–H groups in total. The standard InChI is InChI=1S/C30H31N3O5/c1-6-20-7-9-21(10-8-20)17-32-25-16-27(38-5)26(37-4)15-24(25)29(35)33(30(32)36)18-22-11-13-23(14-12-22)28(34)31-19(2)3/h6-16,19H,1,17-18H2,2-5H3,(H,31,34). The molecule has 0 bridgehead atoms. The first-order valence-electron chi connectivity index (χ1n) is 12.3. The van der Waals surface area contributed by atoms with Crippen LogP contribution in [-0.4, -0.2) is 35.3 Å². The van der Waals surface area contributed by atoms with Crippen LogP contribution in [0, 0.1) is 0 Å². The number of aromatic nitrogens is 2. The topological polar surface area (TPSA) is 91.6 Å². The molecule has 196 valence electrons. The van der Waals surface area contributed by atoms with Gasteiger partial charge in [-0.25, -0.2) is 4.79 Å². The van der Waals surface area contributed by atoms with E-state index in [-0.39, 0.29) is 25.0 Å². The average molecular weight is 514 g/mol. The lowest BCUT2D eigenvalue weighted by atomic mass is 10.1. The van der Waals surface area contributed by atoms with E-state index in [1.165, 1.54) is 18.8 Å². The molecule has 0 radical (unpaired) electrons. The zero-order valence-electron chi connectivity index (χ0n) is 22.0. The van der Waals surface area contributed by atoms with Crippen molar-refractivity contribution in [1.82, 2.24) is 14.5 Å². The summed E-state index contributed by atoms with van der Waals surface area (Å²) in [5.41, 5.74) is 2.63. The maximum atomic E-state index is 13.8. The van der Waals surface area contributed by atoms with Crippen LogP contribution in [0.1, 0.15) is 40.9 Å². The summed E-state index contributed by atoms with van der Waals surface area (Å²) in [6, 6.07) is 17.8. The lowest BCUT2D eigenvalue weighted by Crippen LogP contribution is -2.40. The highest BCUT2D eigenvalue weighted by atomic mass is 16.5. The Morgan fingerprint density at radius 2 is 1.45 bits per heavy atom. The van der Waals surface area contributed by atoms with E-state index in [4.69, 9.17) is 9.47 Å². The van der Waals surface area contributed by atoms with E-state index in [2.05, 4.69) is 11.9 Å². The van der Waals surface area contributed by atoms with E-state index < -0.39 is 11.2 Å². The van der Waals surface area contributed by atoms with Crippen molar-refractivity contribution in [3.05, 3.63) is 110 Å². The van der Waals surface area contributed by atoms with Crippen molar-refractivity contribution in [3.8, 4) is 11.5 Å². The lowest BCUT2D eigenvalue weighted by molar-refractivity contribution is 0.0943. The molecule has 0 saturated carbocycles. The van der Waals surface area contributed by atoms with E-state index in [0.29, 0.717) is 33.5 Å². The van der Waals surface area contributed by atoms with E-state index in [0.717, 1.165) is 11.1 Å². The van der Waals surface area contributed by atoms with Gasteiger partial charge in [0.05, 0.1) is 38.2 Å². The quantitative estimate of drug-likeness (QED) is 0.365. The molecule has 4 rings (SSSR count). The van der Waals surface area contributed by atoms with Gasteiger partial charge in [-0.2, -0.15) is 0 Å². The number of hydrogen-bond donors (Lipinski definition) is 1. The minimum absolute atomic E-state index is 0.0143. The second-order valence-corrected chi connectivity index (χ2v) is 9.26. The molecule has 3 aromatic carbocycles. The van der Waals surface area contributed by atoms with E-state index in [1.54, 1.807) is 47.0 Å². The number of rotatable bonds is 9. The summed E-state index contributed by atoms with van der Waals surface area (Å²) in [6.45, 7) is 7.86. The number of benzene rings is 3. The minimum atomic E-state index is -0.454. The molecule has 8 nitrogen and oxygen atoms in total. The molecule has 0 atom stereocenters. The second-order valence-electron chi connectivity index (χ2n) is 9.26. The number of amides is 1. The van der Waals surface area contributed by atoms with Crippen LogP contribution in [0.15, 0.2) is 76.8 Å². The first-order valence-corrected chi connectivity index (χ1v) is 12.3. The molecule has 8 heteroatoms. The molecule has 0 spiro atoms. The van der Waals surface area contributed by atoms with Gasteiger partial charge in [0.2, 0.25) is 0 Å². The number of methoxy groups -OCH3 is 2. The number of carbonyl (C=O) groups excluding carboxylic acids is 1. The van der Waals surface area contributed by atoms with Gasteiger partial charge < -0.3 is 14.8 Å². The summed E-state index contributed by atoms with van der Waals surface area (Å²) < 4.78 is 13.6. The normalized spacial score (nSPS) is 11.0. The molecule has 0 unspecified atom stereocenters. The van der Waals surface area contributed by atoms with Crippen LogP contribution in [0.5, 0.6) is 11.5 Å². The van der Waals surface area contributed by atoms with Gasteiger partial charge in [0.15, 0.2) is 11.5 Å². The summed E-state index contributed by atoms with van der Waals surface area (Å²) in [5, 5.41) is 3.18. The van der Waals surface area contributed by atoms with Gasteiger partial charge in [-0.15, -0.1) is 0 Å². The predicted molar refractivity (Wildman–Crippen MR) is 149 cm³/mol. The highest BCUT2D eigenvalue weighted by Crippen LogP contribution is 2.30. The van der Waals surface area contributed by atoms with Crippen LogP contribution < -0.4 is 26.0 Å². The van der Waals surface area contributed by atoms with Gasteiger partial charge in [0, 0.05) is 17.7 Å². The molecule has 1 heterocycles. The first-order chi connectivity index (χ1) is 18.2. The Hall–Kier alpha value is -4.59. The zero-order valence-corrected chi connectivity index (χ0v) is 22.0. The average Bonchev–Trinajstić information content (AvgIpc) is 2.92.